The van der Waals surface area contributed by atoms with Crippen molar-refractivity contribution in [3.63, 3.8) is 0 Å². The average molecular weight is 199 g/mol. The minimum Gasteiger partial charge on any atom is -0.481 e. The monoisotopic (exact) mass is 199 g/mol. The normalized spacial score (nSPS) is 16.7. The number of rotatable bonds is 4. The fraction of sp³-hybridized carbons (Fsp3) is 0.857. The first-order valence-corrected chi connectivity index (χ1v) is 3.76. The number of aliphatic carboxylic acids is 1. The molecular formula is C7H12F3NO2. The molecule has 0 aromatic rings. The summed E-state index contributed by atoms with van der Waals surface area (Å²) in [6, 6.07) is 0. The minimum atomic E-state index is -4.55. The summed E-state index contributed by atoms with van der Waals surface area (Å²) in [4.78, 5) is 10.2. The van der Waals surface area contributed by atoms with Crippen LogP contribution in [0.15, 0.2) is 0 Å². The van der Waals surface area contributed by atoms with Gasteiger partial charge in [0.1, 0.15) is 5.54 Å². The Morgan fingerprint density at radius 3 is 2.15 bits per heavy atom. The van der Waals surface area contributed by atoms with Gasteiger partial charge in [0.25, 0.3) is 0 Å². The summed E-state index contributed by atoms with van der Waals surface area (Å²) < 4.78 is 37.0. The maximum Gasteiger partial charge on any atom is 0.406 e. The second-order valence-electron chi connectivity index (χ2n) is 2.93. The number of carboxylic acids is 1. The first-order chi connectivity index (χ1) is 5.73. The van der Waals surface area contributed by atoms with Gasteiger partial charge in [0.2, 0.25) is 0 Å². The zero-order valence-electron chi connectivity index (χ0n) is 7.40. The third kappa shape index (κ3) is 3.22. The molecule has 0 saturated heterocycles. The summed E-state index contributed by atoms with van der Waals surface area (Å²) >= 11 is 0. The molecule has 0 rings (SSSR count). The highest BCUT2D eigenvalue weighted by atomic mass is 19.4. The van der Waals surface area contributed by atoms with Crippen molar-refractivity contribution in [1.29, 1.82) is 0 Å². The Morgan fingerprint density at radius 2 is 1.92 bits per heavy atom. The lowest BCUT2D eigenvalue weighted by molar-refractivity contribution is -0.197. The van der Waals surface area contributed by atoms with E-state index in [0.29, 0.717) is 0 Å². The smallest absolute Gasteiger partial charge is 0.406 e. The Bertz CT molecular complexity index is 193. The van der Waals surface area contributed by atoms with Crippen LogP contribution in [-0.2, 0) is 4.79 Å². The summed E-state index contributed by atoms with van der Waals surface area (Å²) in [6.45, 7) is 2.40. The number of nitrogens with one attached hydrogen (secondary N) is 1. The van der Waals surface area contributed by atoms with E-state index in [9.17, 15) is 18.0 Å². The van der Waals surface area contributed by atoms with E-state index in [0.717, 1.165) is 6.92 Å². The predicted octanol–water partition coefficient (Wildman–Crippen LogP) is 1.39. The quantitative estimate of drug-likeness (QED) is 0.719. The molecule has 0 fully saturated rings. The Kier molecular flexibility index (Phi) is 3.71. The second kappa shape index (κ2) is 3.95. The van der Waals surface area contributed by atoms with Crippen molar-refractivity contribution >= 4 is 5.97 Å². The standard InChI is InChI=1S/C7H12F3NO2/c1-3-11-6(2,4-5(12)13)7(8,9)10/h11H,3-4H2,1-2H3,(H,12,13)/t6-/m0/s1. The molecule has 0 unspecified atom stereocenters. The molecule has 3 nitrogen and oxygen atoms in total. The molecule has 1 atom stereocenters. The van der Waals surface area contributed by atoms with E-state index in [4.69, 9.17) is 5.11 Å². The molecule has 2 N–H and O–H groups in total. The zero-order valence-corrected chi connectivity index (χ0v) is 7.40. The molecule has 78 valence electrons. The number of hydrogen-bond donors (Lipinski definition) is 2. The van der Waals surface area contributed by atoms with Gasteiger partial charge in [-0.25, -0.2) is 0 Å². The van der Waals surface area contributed by atoms with Crippen LogP contribution < -0.4 is 5.32 Å². The van der Waals surface area contributed by atoms with Gasteiger partial charge in [0.05, 0.1) is 6.42 Å². The molecule has 13 heavy (non-hydrogen) atoms. The number of carboxylic acid groups (broad SMARTS) is 1. The molecule has 0 radical (unpaired) electrons. The van der Waals surface area contributed by atoms with Crippen LogP contribution in [0, 0.1) is 0 Å². The van der Waals surface area contributed by atoms with Crippen LogP contribution in [0.1, 0.15) is 20.3 Å². The molecule has 0 aliphatic heterocycles. The number of alkyl halides is 3. The lowest BCUT2D eigenvalue weighted by Crippen LogP contribution is -2.55. The zero-order chi connectivity index (χ0) is 10.7. The van der Waals surface area contributed by atoms with Crippen molar-refractivity contribution < 1.29 is 23.1 Å². The van der Waals surface area contributed by atoms with Gasteiger partial charge in [-0.3, -0.25) is 4.79 Å². The highest BCUT2D eigenvalue weighted by Crippen LogP contribution is 2.32. The lowest BCUT2D eigenvalue weighted by Gasteiger charge is -2.31. The largest absolute Gasteiger partial charge is 0.481 e. The Morgan fingerprint density at radius 1 is 1.46 bits per heavy atom. The molecule has 0 amide bonds. The van der Waals surface area contributed by atoms with Gasteiger partial charge in [-0.15, -0.1) is 0 Å². The number of halogens is 3. The summed E-state index contributed by atoms with van der Waals surface area (Å²) in [5, 5.41) is 10.4. The SMILES string of the molecule is CCN[C@@](C)(CC(=O)O)C(F)(F)F. The molecule has 0 aliphatic carbocycles. The van der Waals surface area contributed by atoms with E-state index in [2.05, 4.69) is 5.32 Å². The van der Waals surface area contributed by atoms with Gasteiger partial charge in [0.15, 0.2) is 0 Å². The Labute approximate surface area is 73.9 Å². The molecular weight excluding hydrogens is 187 g/mol. The van der Waals surface area contributed by atoms with Crippen LogP contribution in [0.3, 0.4) is 0 Å². The lowest BCUT2D eigenvalue weighted by atomic mass is 9.97. The average Bonchev–Trinajstić information content (AvgIpc) is 1.82. The van der Waals surface area contributed by atoms with Crippen LogP contribution >= 0.6 is 0 Å². The summed E-state index contributed by atoms with van der Waals surface area (Å²) in [7, 11) is 0. The molecule has 6 heteroatoms. The molecule has 0 heterocycles. The maximum absolute atomic E-state index is 12.3. The predicted molar refractivity (Wildman–Crippen MR) is 40.4 cm³/mol. The maximum atomic E-state index is 12.3. The van der Waals surface area contributed by atoms with E-state index >= 15 is 0 Å². The van der Waals surface area contributed by atoms with Crippen LogP contribution in [0.2, 0.25) is 0 Å². The molecule has 0 saturated carbocycles. The minimum absolute atomic E-state index is 0.0727. The van der Waals surface area contributed by atoms with E-state index in [-0.39, 0.29) is 6.54 Å². The van der Waals surface area contributed by atoms with Gasteiger partial charge in [0, 0.05) is 0 Å². The van der Waals surface area contributed by atoms with Crippen molar-refractivity contribution in [3.05, 3.63) is 0 Å². The third-order valence-electron chi connectivity index (χ3n) is 1.70. The van der Waals surface area contributed by atoms with Gasteiger partial charge < -0.3 is 10.4 Å². The van der Waals surface area contributed by atoms with Gasteiger partial charge in [-0.2, -0.15) is 13.2 Å². The van der Waals surface area contributed by atoms with Crippen LogP contribution in [-0.4, -0.2) is 29.3 Å². The van der Waals surface area contributed by atoms with Crippen molar-refractivity contribution in [2.45, 2.75) is 32.0 Å². The fourth-order valence-corrected chi connectivity index (χ4v) is 0.956. The fourth-order valence-electron chi connectivity index (χ4n) is 0.956. The summed E-state index contributed by atoms with van der Waals surface area (Å²) in [6.07, 6.45) is -5.52. The van der Waals surface area contributed by atoms with Crippen molar-refractivity contribution in [1.82, 2.24) is 5.32 Å². The second-order valence-corrected chi connectivity index (χ2v) is 2.93. The Hall–Kier alpha value is -0.780. The van der Waals surface area contributed by atoms with E-state index in [1.54, 1.807) is 0 Å². The summed E-state index contributed by atoms with van der Waals surface area (Å²) in [5.74, 6) is -1.47. The molecule has 0 aromatic heterocycles. The van der Waals surface area contributed by atoms with Gasteiger partial charge in [-0.05, 0) is 13.5 Å². The van der Waals surface area contributed by atoms with Gasteiger partial charge in [-0.1, -0.05) is 6.92 Å². The van der Waals surface area contributed by atoms with Crippen molar-refractivity contribution in [3.8, 4) is 0 Å². The van der Waals surface area contributed by atoms with E-state index in [1.165, 1.54) is 6.92 Å². The highest BCUT2D eigenvalue weighted by Gasteiger charge is 2.51. The topological polar surface area (TPSA) is 49.3 Å². The number of hydrogen-bond acceptors (Lipinski definition) is 2. The van der Waals surface area contributed by atoms with Crippen molar-refractivity contribution in [2.75, 3.05) is 6.54 Å². The number of carbonyl (C=O) groups is 1. The molecule has 0 aromatic carbocycles. The molecule has 0 bridgehead atoms. The van der Waals surface area contributed by atoms with Crippen molar-refractivity contribution in [2.24, 2.45) is 0 Å². The summed E-state index contributed by atoms with van der Waals surface area (Å²) in [5.41, 5.74) is -2.34. The van der Waals surface area contributed by atoms with E-state index < -0.39 is 24.1 Å². The first-order valence-electron chi connectivity index (χ1n) is 3.76. The first kappa shape index (κ1) is 12.2. The van der Waals surface area contributed by atoms with Crippen LogP contribution in [0.4, 0.5) is 13.2 Å². The van der Waals surface area contributed by atoms with Crippen LogP contribution in [0.5, 0.6) is 0 Å². The third-order valence-corrected chi connectivity index (χ3v) is 1.70. The molecule has 0 aliphatic rings. The highest BCUT2D eigenvalue weighted by molar-refractivity contribution is 5.68. The Balaban J connectivity index is 4.62. The van der Waals surface area contributed by atoms with Gasteiger partial charge >= 0.3 is 12.1 Å². The van der Waals surface area contributed by atoms with E-state index in [1.807, 2.05) is 0 Å². The molecule has 0 spiro atoms. The van der Waals surface area contributed by atoms with Crippen LogP contribution in [0.25, 0.3) is 0 Å².